The van der Waals surface area contributed by atoms with Crippen LogP contribution in [-0.2, 0) is 0 Å². The minimum absolute atomic E-state index is 0.186. The van der Waals surface area contributed by atoms with E-state index < -0.39 is 0 Å². The van der Waals surface area contributed by atoms with Crippen molar-refractivity contribution in [2.24, 2.45) is 0 Å². The molecule has 0 radical (unpaired) electrons. The van der Waals surface area contributed by atoms with Crippen LogP contribution in [0.1, 0.15) is 0 Å². The van der Waals surface area contributed by atoms with E-state index in [1.807, 2.05) is 30.3 Å². The van der Waals surface area contributed by atoms with Crippen molar-refractivity contribution in [1.29, 1.82) is 0 Å². The molecular formula is C12H9N3O. The Labute approximate surface area is 91.7 Å². The molecule has 0 saturated heterocycles. The molecule has 0 aliphatic carbocycles. The largest absolute Gasteiger partial charge is 0.424 e. The molecule has 2 aromatic heterocycles. The molecule has 1 aromatic carbocycles. The van der Waals surface area contributed by atoms with Crippen LogP contribution in [0.2, 0.25) is 0 Å². The number of oxazole rings is 1. The highest BCUT2D eigenvalue weighted by Gasteiger charge is 2.08. The maximum absolute atomic E-state index is 5.54. The highest BCUT2D eigenvalue weighted by Crippen LogP contribution is 2.28. The highest BCUT2D eigenvalue weighted by molar-refractivity contribution is 5.91. The Hall–Kier alpha value is -2.36. The molecule has 0 bridgehead atoms. The molecule has 0 saturated carbocycles. The Kier molecular flexibility index (Phi) is 1.86. The Bertz CT molecular complexity index is 631. The Morgan fingerprint density at radius 1 is 1.12 bits per heavy atom. The first kappa shape index (κ1) is 8.91. The summed E-state index contributed by atoms with van der Waals surface area (Å²) in [5.74, 6) is 0. The minimum Gasteiger partial charge on any atom is -0.424 e. The molecule has 2 heterocycles. The summed E-state index contributed by atoms with van der Waals surface area (Å²) in [6, 6.07) is 9.78. The Morgan fingerprint density at radius 2 is 2.06 bits per heavy atom. The van der Waals surface area contributed by atoms with Crippen LogP contribution in [0, 0.1) is 0 Å². The number of aromatic nitrogens is 2. The fourth-order valence-corrected chi connectivity index (χ4v) is 1.72. The fraction of sp³-hybridized carbons (Fsp3) is 0. The van der Waals surface area contributed by atoms with E-state index in [9.17, 15) is 0 Å². The maximum atomic E-state index is 5.54. The van der Waals surface area contributed by atoms with Crippen molar-refractivity contribution in [3.63, 3.8) is 0 Å². The number of rotatable bonds is 1. The van der Waals surface area contributed by atoms with Gasteiger partial charge in [0, 0.05) is 23.5 Å². The van der Waals surface area contributed by atoms with Crippen LogP contribution in [0.4, 0.5) is 6.01 Å². The van der Waals surface area contributed by atoms with E-state index in [-0.39, 0.29) is 6.01 Å². The molecule has 2 N–H and O–H groups in total. The summed E-state index contributed by atoms with van der Waals surface area (Å²) in [5, 5.41) is 0. The molecule has 0 aliphatic rings. The SMILES string of the molecule is Nc1nc2c(-c3cccnc3)cccc2o1. The first-order valence-electron chi connectivity index (χ1n) is 4.90. The summed E-state index contributed by atoms with van der Waals surface area (Å²) < 4.78 is 5.28. The summed E-state index contributed by atoms with van der Waals surface area (Å²) in [6.45, 7) is 0. The number of hydrogen-bond acceptors (Lipinski definition) is 4. The molecule has 0 spiro atoms. The van der Waals surface area contributed by atoms with Gasteiger partial charge in [-0.25, -0.2) is 0 Å². The lowest BCUT2D eigenvalue weighted by molar-refractivity contribution is 0.626. The topological polar surface area (TPSA) is 64.9 Å². The van der Waals surface area contributed by atoms with E-state index in [0.29, 0.717) is 5.58 Å². The summed E-state index contributed by atoms with van der Waals surface area (Å²) in [4.78, 5) is 8.26. The number of para-hydroxylation sites is 1. The molecule has 78 valence electrons. The normalized spacial score (nSPS) is 10.8. The van der Waals surface area contributed by atoms with E-state index in [0.717, 1.165) is 16.6 Å². The van der Waals surface area contributed by atoms with Gasteiger partial charge in [-0.1, -0.05) is 18.2 Å². The standard InChI is InChI=1S/C12H9N3O/c13-12-15-11-9(4-1-5-10(11)16-12)8-3-2-6-14-7-8/h1-7H,(H2,13,15). The second kappa shape index (κ2) is 3.34. The van der Waals surface area contributed by atoms with Crippen molar-refractivity contribution in [1.82, 2.24) is 9.97 Å². The van der Waals surface area contributed by atoms with Crippen molar-refractivity contribution >= 4 is 17.1 Å². The molecule has 3 aromatic rings. The van der Waals surface area contributed by atoms with Gasteiger partial charge in [0.15, 0.2) is 5.58 Å². The van der Waals surface area contributed by atoms with E-state index in [2.05, 4.69) is 9.97 Å². The van der Waals surface area contributed by atoms with Gasteiger partial charge in [0.1, 0.15) is 5.52 Å². The molecule has 0 unspecified atom stereocenters. The van der Waals surface area contributed by atoms with Crippen molar-refractivity contribution in [3.05, 3.63) is 42.7 Å². The van der Waals surface area contributed by atoms with Gasteiger partial charge in [-0.15, -0.1) is 0 Å². The van der Waals surface area contributed by atoms with Crippen molar-refractivity contribution < 1.29 is 4.42 Å². The first-order chi connectivity index (χ1) is 7.84. The van der Waals surface area contributed by atoms with Gasteiger partial charge < -0.3 is 10.2 Å². The first-order valence-corrected chi connectivity index (χ1v) is 4.90. The molecule has 0 amide bonds. The lowest BCUT2D eigenvalue weighted by Crippen LogP contribution is -1.83. The molecular weight excluding hydrogens is 202 g/mol. The van der Waals surface area contributed by atoms with E-state index in [1.54, 1.807) is 12.4 Å². The third-order valence-corrected chi connectivity index (χ3v) is 2.41. The van der Waals surface area contributed by atoms with Crippen molar-refractivity contribution in [3.8, 4) is 11.1 Å². The number of pyridine rings is 1. The van der Waals surface area contributed by atoms with Gasteiger partial charge in [-0.05, 0) is 12.1 Å². The van der Waals surface area contributed by atoms with Crippen molar-refractivity contribution in [2.45, 2.75) is 0 Å². The Balaban J connectivity index is 2.31. The minimum atomic E-state index is 0.186. The third-order valence-electron chi connectivity index (χ3n) is 2.41. The van der Waals surface area contributed by atoms with Crippen LogP contribution < -0.4 is 5.73 Å². The van der Waals surface area contributed by atoms with E-state index in [4.69, 9.17) is 10.2 Å². The second-order valence-electron chi connectivity index (χ2n) is 3.45. The van der Waals surface area contributed by atoms with Crippen LogP contribution in [0.15, 0.2) is 47.1 Å². The zero-order chi connectivity index (χ0) is 11.0. The fourth-order valence-electron chi connectivity index (χ4n) is 1.72. The van der Waals surface area contributed by atoms with Gasteiger partial charge in [0.25, 0.3) is 6.01 Å². The quantitative estimate of drug-likeness (QED) is 0.671. The number of fused-ring (bicyclic) bond motifs is 1. The molecule has 0 fully saturated rings. The predicted molar refractivity (Wildman–Crippen MR) is 61.7 cm³/mol. The summed E-state index contributed by atoms with van der Waals surface area (Å²) >= 11 is 0. The molecule has 4 nitrogen and oxygen atoms in total. The van der Waals surface area contributed by atoms with Crippen LogP contribution in [-0.4, -0.2) is 9.97 Å². The van der Waals surface area contributed by atoms with Crippen LogP contribution >= 0.6 is 0 Å². The number of nitrogen functional groups attached to an aromatic ring is 1. The average molecular weight is 211 g/mol. The van der Waals surface area contributed by atoms with Gasteiger partial charge in [-0.2, -0.15) is 4.98 Å². The number of anilines is 1. The van der Waals surface area contributed by atoms with Crippen LogP contribution in [0.5, 0.6) is 0 Å². The number of nitrogens with two attached hydrogens (primary N) is 1. The summed E-state index contributed by atoms with van der Waals surface area (Å²) in [5.41, 5.74) is 8.99. The zero-order valence-corrected chi connectivity index (χ0v) is 8.42. The summed E-state index contributed by atoms with van der Waals surface area (Å²) in [6.07, 6.45) is 3.53. The van der Waals surface area contributed by atoms with Gasteiger partial charge in [0.05, 0.1) is 0 Å². The monoisotopic (exact) mass is 211 g/mol. The van der Waals surface area contributed by atoms with E-state index >= 15 is 0 Å². The molecule has 0 atom stereocenters. The van der Waals surface area contributed by atoms with Gasteiger partial charge in [0.2, 0.25) is 0 Å². The molecule has 3 rings (SSSR count). The molecule has 0 aliphatic heterocycles. The van der Waals surface area contributed by atoms with Crippen LogP contribution in [0.25, 0.3) is 22.2 Å². The summed E-state index contributed by atoms with van der Waals surface area (Å²) in [7, 11) is 0. The van der Waals surface area contributed by atoms with Crippen molar-refractivity contribution in [2.75, 3.05) is 5.73 Å². The number of benzene rings is 1. The Morgan fingerprint density at radius 3 is 2.88 bits per heavy atom. The predicted octanol–water partition coefficient (Wildman–Crippen LogP) is 2.47. The van der Waals surface area contributed by atoms with Gasteiger partial charge >= 0.3 is 0 Å². The molecule has 16 heavy (non-hydrogen) atoms. The lowest BCUT2D eigenvalue weighted by Gasteiger charge is -1.99. The molecule has 4 heteroatoms. The lowest BCUT2D eigenvalue weighted by atomic mass is 10.1. The zero-order valence-electron chi connectivity index (χ0n) is 8.42. The van der Waals surface area contributed by atoms with Crippen LogP contribution in [0.3, 0.4) is 0 Å². The third kappa shape index (κ3) is 1.32. The second-order valence-corrected chi connectivity index (χ2v) is 3.45. The average Bonchev–Trinajstić information content (AvgIpc) is 2.70. The smallest absolute Gasteiger partial charge is 0.293 e. The highest BCUT2D eigenvalue weighted by atomic mass is 16.4. The number of hydrogen-bond donors (Lipinski definition) is 1. The maximum Gasteiger partial charge on any atom is 0.293 e. The van der Waals surface area contributed by atoms with E-state index in [1.165, 1.54) is 0 Å². The van der Waals surface area contributed by atoms with Gasteiger partial charge in [-0.3, -0.25) is 4.98 Å². The number of nitrogens with zero attached hydrogens (tertiary/aromatic N) is 2.